The fraction of sp³-hybridized carbons (Fsp3) is 0.450. The average molecular weight is 376 g/mol. The summed E-state index contributed by atoms with van der Waals surface area (Å²) in [6, 6.07) is 5.20. The van der Waals surface area contributed by atoms with E-state index in [9.17, 15) is 13.6 Å². The first-order valence-electron chi connectivity index (χ1n) is 8.99. The van der Waals surface area contributed by atoms with E-state index in [0.29, 0.717) is 5.92 Å². The van der Waals surface area contributed by atoms with Crippen molar-refractivity contribution in [2.75, 3.05) is 6.61 Å². The number of hydrogen-bond donors (Lipinski definition) is 0. The van der Waals surface area contributed by atoms with Gasteiger partial charge in [0.1, 0.15) is 0 Å². The van der Waals surface area contributed by atoms with E-state index >= 15 is 0 Å². The number of benzene rings is 1. The average Bonchev–Trinajstić information content (AvgIpc) is 2.62. The third-order valence-corrected chi connectivity index (χ3v) is 4.86. The summed E-state index contributed by atoms with van der Waals surface area (Å²) < 4.78 is 38.2. The molecule has 0 amide bonds. The molecule has 2 unspecified atom stereocenters. The van der Waals surface area contributed by atoms with Gasteiger partial charge in [0.15, 0.2) is 11.6 Å². The lowest BCUT2D eigenvalue weighted by Gasteiger charge is -2.32. The van der Waals surface area contributed by atoms with Crippen LogP contribution in [0.4, 0.5) is 8.78 Å². The quantitative estimate of drug-likeness (QED) is 0.706. The number of carbonyl (C=O) groups excluding carboxylic acids is 1. The SMILES string of the molecule is CC(=O)OCC1CCC(C(C)C)c2cc(Oc3c(F)cccc3F)nnc21. The first kappa shape index (κ1) is 19.2. The standard InChI is InChI=1S/C20H22F2N2O3/c1-11(2)14-8-7-13(10-26-12(3)25)19-15(14)9-18(23-24-19)27-20-16(21)5-4-6-17(20)22/h4-6,9,11,13-14H,7-8,10H2,1-3H3. The summed E-state index contributed by atoms with van der Waals surface area (Å²) in [6.07, 6.45) is 1.73. The third kappa shape index (κ3) is 4.23. The van der Waals surface area contributed by atoms with E-state index in [0.717, 1.165) is 36.2 Å². The van der Waals surface area contributed by atoms with Gasteiger partial charge in [0.05, 0.1) is 12.3 Å². The topological polar surface area (TPSA) is 61.3 Å². The van der Waals surface area contributed by atoms with Crippen LogP contribution in [0.25, 0.3) is 0 Å². The Morgan fingerprint density at radius 2 is 1.93 bits per heavy atom. The first-order chi connectivity index (χ1) is 12.9. The molecule has 0 N–H and O–H groups in total. The van der Waals surface area contributed by atoms with Crippen molar-refractivity contribution >= 4 is 5.97 Å². The van der Waals surface area contributed by atoms with Crippen molar-refractivity contribution in [3.63, 3.8) is 0 Å². The van der Waals surface area contributed by atoms with Crippen LogP contribution in [0.5, 0.6) is 11.6 Å². The van der Waals surface area contributed by atoms with Gasteiger partial charge in [-0.25, -0.2) is 8.78 Å². The fourth-order valence-corrected chi connectivity index (χ4v) is 3.49. The van der Waals surface area contributed by atoms with Gasteiger partial charge in [0.25, 0.3) is 0 Å². The molecule has 0 fully saturated rings. The number of para-hydroxylation sites is 1. The number of carbonyl (C=O) groups is 1. The van der Waals surface area contributed by atoms with Crippen LogP contribution in [-0.4, -0.2) is 22.8 Å². The number of halogens is 2. The number of nitrogens with zero attached hydrogens (tertiary/aromatic N) is 2. The molecule has 0 aliphatic heterocycles. The highest BCUT2D eigenvalue weighted by atomic mass is 19.1. The van der Waals surface area contributed by atoms with Crippen LogP contribution in [0, 0.1) is 17.6 Å². The maximum Gasteiger partial charge on any atom is 0.302 e. The minimum absolute atomic E-state index is 0.0385. The zero-order valence-corrected chi connectivity index (χ0v) is 15.5. The molecule has 1 aromatic heterocycles. The minimum Gasteiger partial charge on any atom is -0.465 e. The van der Waals surface area contributed by atoms with E-state index < -0.39 is 17.4 Å². The number of hydrogen-bond acceptors (Lipinski definition) is 5. The summed E-state index contributed by atoms with van der Waals surface area (Å²) in [6.45, 7) is 5.83. The molecule has 144 valence electrons. The largest absolute Gasteiger partial charge is 0.465 e. The molecule has 1 heterocycles. The van der Waals surface area contributed by atoms with Gasteiger partial charge in [-0.2, -0.15) is 5.10 Å². The Morgan fingerprint density at radius 1 is 1.22 bits per heavy atom. The van der Waals surface area contributed by atoms with E-state index in [1.165, 1.54) is 13.0 Å². The van der Waals surface area contributed by atoms with Crippen LogP contribution >= 0.6 is 0 Å². The molecular weight excluding hydrogens is 354 g/mol. The van der Waals surface area contributed by atoms with Gasteiger partial charge in [0, 0.05) is 18.9 Å². The van der Waals surface area contributed by atoms with Crippen molar-refractivity contribution < 1.29 is 23.0 Å². The Kier molecular flexibility index (Phi) is 5.68. The van der Waals surface area contributed by atoms with E-state index in [4.69, 9.17) is 9.47 Å². The Balaban J connectivity index is 1.93. The molecule has 0 spiro atoms. The van der Waals surface area contributed by atoms with Crippen LogP contribution in [0.15, 0.2) is 24.3 Å². The Morgan fingerprint density at radius 3 is 2.56 bits per heavy atom. The molecule has 0 saturated carbocycles. The predicted octanol–water partition coefficient (Wildman–Crippen LogP) is 4.73. The number of esters is 1. The monoisotopic (exact) mass is 376 g/mol. The van der Waals surface area contributed by atoms with Gasteiger partial charge in [0.2, 0.25) is 11.6 Å². The summed E-state index contributed by atoms with van der Waals surface area (Å²) in [5, 5.41) is 8.25. The zero-order chi connectivity index (χ0) is 19.6. The maximum absolute atomic E-state index is 13.9. The highest BCUT2D eigenvalue weighted by Crippen LogP contribution is 2.42. The molecule has 27 heavy (non-hydrogen) atoms. The Labute approximate surface area is 156 Å². The van der Waals surface area contributed by atoms with Gasteiger partial charge in [-0.15, -0.1) is 5.10 Å². The van der Waals surface area contributed by atoms with Gasteiger partial charge in [-0.3, -0.25) is 4.79 Å². The van der Waals surface area contributed by atoms with Crippen molar-refractivity contribution in [3.05, 3.63) is 47.2 Å². The van der Waals surface area contributed by atoms with Crippen LogP contribution in [0.1, 0.15) is 56.7 Å². The van der Waals surface area contributed by atoms with Gasteiger partial charge in [-0.1, -0.05) is 19.9 Å². The predicted molar refractivity (Wildman–Crippen MR) is 94.7 cm³/mol. The summed E-state index contributed by atoms with van der Waals surface area (Å²) in [7, 11) is 0. The molecule has 5 nitrogen and oxygen atoms in total. The second kappa shape index (κ2) is 7.98. The smallest absolute Gasteiger partial charge is 0.302 e. The highest BCUT2D eigenvalue weighted by molar-refractivity contribution is 5.66. The molecule has 0 bridgehead atoms. The van der Waals surface area contributed by atoms with Gasteiger partial charge in [-0.05, 0) is 42.4 Å². The highest BCUT2D eigenvalue weighted by Gasteiger charge is 2.32. The lowest BCUT2D eigenvalue weighted by atomic mass is 9.75. The molecular formula is C20H22F2N2O3. The molecule has 0 radical (unpaired) electrons. The number of rotatable bonds is 5. The van der Waals surface area contributed by atoms with Crippen molar-refractivity contribution in [1.29, 1.82) is 0 Å². The number of ether oxygens (including phenoxy) is 2. The van der Waals surface area contributed by atoms with E-state index in [2.05, 4.69) is 24.0 Å². The molecule has 2 atom stereocenters. The normalized spacial score (nSPS) is 18.9. The molecule has 3 rings (SSSR count). The molecule has 1 aromatic carbocycles. The summed E-state index contributed by atoms with van der Waals surface area (Å²) in [5.74, 6) is -1.89. The number of fused-ring (bicyclic) bond motifs is 1. The molecule has 1 aliphatic rings. The van der Waals surface area contributed by atoms with Crippen LogP contribution in [-0.2, 0) is 9.53 Å². The summed E-state index contributed by atoms with van der Waals surface area (Å²) >= 11 is 0. The Hall–Kier alpha value is -2.57. The van der Waals surface area contributed by atoms with Gasteiger partial charge < -0.3 is 9.47 Å². The molecule has 0 saturated heterocycles. The third-order valence-electron chi connectivity index (χ3n) is 4.86. The van der Waals surface area contributed by atoms with Crippen molar-refractivity contribution in [3.8, 4) is 11.6 Å². The van der Waals surface area contributed by atoms with Crippen molar-refractivity contribution in [2.45, 2.75) is 45.4 Å². The van der Waals surface area contributed by atoms with E-state index in [-0.39, 0.29) is 30.3 Å². The first-order valence-corrected chi connectivity index (χ1v) is 8.99. The van der Waals surface area contributed by atoms with Crippen LogP contribution in [0.2, 0.25) is 0 Å². The number of aromatic nitrogens is 2. The lowest BCUT2D eigenvalue weighted by molar-refractivity contribution is -0.141. The summed E-state index contributed by atoms with van der Waals surface area (Å²) in [5.41, 5.74) is 1.68. The molecule has 7 heteroatoms. The maximum atomic E-state index is 13.9. The van der Waals surface area contributed by atoms with Gasteiger partial charge >= 0.3 is 5.97 Å². The fourth-order valence-electron chi connectivity index (χ4n) is 3.49. The lowest BCUT2D eigenvalue weighted by Crippen LogP contribution is -2.24. The Bertz CT molecular complexity index is 822. The van der Waals surface area contributed by atoms with E-state index in [1.54, 1.807) is 6.07 Å². The van der Waals surface area contributed by atoms with Crippen LogP contribution in [0.3, 0.4) is 0 Å². The molecule has 2 aromatic rings. The van der Waals surface area contributed by atoms with Crippen LogP contribution < -0.4 is 4.74 Å². The van der Waals surface area contributed by atoms with Crippen molar-refractivity contribution in [1.82, 2.24) is 10.2 Å². The minimum atomic E-state index is -0.803. The van der Waals surface area contributed by atoms with Crippen molar-refractivity contribution in [2.24, 2.45) is 5.92 Å². The molecule has 1 aliphatic carbocycles. The van der Waals surface area contributed by atoms with E-state index in [1.807, 2.05) is 0 Å². The summed E-state index contributed by atoms with van der Waals surface area (Å²) in [4.78, 5) is 11.1. The second-order valence-electron chi connectivity index (χ2n) is 7.10. The second-order valence-corrected chi connectivity index (χ2v) is 7.10. The zero-order valence-electron chi connectivity index (χ0n) is 15.5.